The van der Waals surface area contributed by atoms with Crippen molar-refractivity contribution in [3.8, 4) is 11.6 Å². The van der Waals surface area contributed by atoms with Gasteiger partial charge in [-0.3, -0.25) is 14.9 Å². The normalized spacial score (nSPS) is 14.9. The van der Waals surface area contributed by atoms with Gasteiger partial charge in [-0.2, -0.15) is 0 Å². The zero-order chi connectivity index (χ0) is 27.7. The number of rotatable bonds is 7. The van der Waals surface area contributed by atoms with Crippen molar-refractivity contribution in [2.24, 2.45) is 7.05 Å². The zero-order valence-corrected chi connectivity index (χ0v) is 23.7. The quantitative estimate of drug-likeness (QED) is 0.415. The number of ether oxygens (including phenoxy) is 2. The van der Waals surface area contributed by atoms with Crippen LogP contribution in [-0.2, 0) is 29.0 Å². The Balaban J connectivity index is 1.62. The molecule has 1 saturated heterocycles. The summed E-state index contributed by atoms with van der Waals surface area (Å²) in [6.45, 7) is 10.7. The second-order valence-electron chi connectivity index (χ2n) is 10.7. The molecule has 10 nitrogen and oxygen atoms in total. The van der Waals surface area contributed by atoms with E-state index in [0.29, 0.717) is 11.6 Å². The van der Waals surface area contributed by atoms with Crippen molar-refractivity contribution in [2.75, 3.05) is 49.6 Å². The van der Waals surface area contributed by atoms with E-state index in [9.17, 15) is 13.2 Å². The Morgan fingerprint density at radius 3 is 2.42 bits per heavy atom. The second kappa shape index (κ2) is 10.8. The number of hydrogen-bond acceptors (Lipinski definition) is 7. The van der Waals surface area contributed by atoms with Crippen LogP contribution in [-0.4, -0.2) is 63.5 Å². The number of anilines is 2. The summed E-state index contributed by atoms with van der Waals surface area (Å²) < 4.78 is 39.6. The van der Waals surface area contributed by atoms with Gasteiger partial charge < -0.3 is 19.4 Å². The number of fused-ring (bicyclic) bond motifs is 1. The molecule has 1 aliphatic heterocycles. The van der Waals surface area contributed by atoms with Crippen LogP contribution in [0.3, 0.4) is 0 Å². The molecule has 206 valence electrons. The van der Waals surface area contributed by atoms with Gasteiger partial charge in [-0.25, -0.2) is 13.2 Å². The van der Waals surface area contributed by atoms with Gasteiger partial charge in [0.05, 0.1) is 30.3 Å². The fourth-order valence-electron chi connectivity index (χ4n) is 4.69. The number of methoxy groups -OCH3 is 1. The van der Waals surface area contributed by atoms with E-state index < -0.39 is 16.1 Å². The van der Waals surface area contributed by atoms with Gasteiger partial charge in [-0.15, -0.1) is 0 Å². The lowest BCUT2D eigenvalue weighted by Gasteiger charge is -2.27. The molecule has 38 heavy (non-hydrogen) atoms. The van der Waals surface area contributed by atoms with Crippen LogP contribution in [0.1, 0.15) is 31.9 Å². The van der Waals surface area contributed by atoms with Crippen molar-refractivity contribution < 1.29 is 22.7 Å². The number of piperazine rings is 1. The molecule has 11 heteroatoms. The molecular weight excluding hydrogens is 506 g/mol. The van der Waals surface area contributed by atoms with Crippen LogP contribution in [0, 0.1) is 0 Å². The molecule has 0 saturated carbocycles. The van der Waals surface area contributed by atoms with Gasteiger partial charge in [-0.05, 0) is 28.7 Å². The molecule has 1 fully saturated rings. The minimum atomic E-state index is -3.59. The third-order valence-corrected chi connectivity index (χ3v) is 7.18. The molecular formula is C27H37N5O5S. The Morgan fingerprint density at radius 1 is 1.11 bits per heavy atom. The highest BCUT2D eigenvalue weighted by Crippen LogP contribution is 2.39. The average molecular weight is 544 g/mol. The Hall–Kier alpha value is -3.28. The van der Waals surface area contributed by atoms with Crippen LogP contribution in [0.2, 0.25) is 0 Å². The van der Waals surface area contributed by atoms with Crippen LogP contribution in [0.25, 0.3) is 10.9 Å². The summed E-state index contributed by atoms with van der Waals surface area (Å²) in [5, 5.41) is 7.11. The fraction of sp³-hybridized carbons (Fsp3) is 0.444. The van der Waals surface area contributed by atoms with Gasteiger partial charge in [-0.1, -0.05) is 39.0 Å². The van der Waals surface area contributed by atoms with E-state index in [1.165, 1.54) is 7.11 Å². The molecule has 0 bridgehead atoms. The van der Waals surface area contributed by atoms with Crippen LogP contribution in [0.5, 0.6) is 11.6 Å². The zero-order valence-electron chi connectivity index (χ0n) is 22.8. The Labute approximate surface area is 224 Å². The number of aromatic nitrogens is 1. The van der Waals surface area contributed by atoms with Gasteiger partial charge in [0.15, 0.2) is 5.75 Å². The van der Waals surface area contributed by atoms with Gasteiger partial charge in [0.2, 0.25) is 15.9 Å². The number of para-hydroxylation sites is 1. The number of amides is 1. The van der Waals surface area contributed by atoms with Crippen LogP contribution >= 0.6 is 0 Å². The molecule has 1 aliphatic rings. The first-order valence-electron chi connectivity index (χ1n) is 12.6. The fourth-order valence-corrected chi connectivity index (χ4v) is 5.24. The van der Waals surface area contributed by atoms with Gasteiger partial charge in [0.25, 0.3) is 0 Å². The Bertz CT molecular complexity index is 1440. The van der Waals surface area contributed by atoms with Crippen LogP contribution in [0.4, 0.5) is 16.2 Å². The summed E-state index contributed by atoms with van der Waals surface area (Å²) in [6, 6.07) is 11.4. The highest BCUT2D eigenvalue weighted by Gasteiger charge is 2.23. The van der Waals surface area contributed by atoms with Crippen molar-refractivity contribution in [3.63, 3.8) is 0 Å². The van der Waals surface area contributed by atoms with Crippen molar-refractivity contribution in [3.05, 3.63) is 47.5 Å². The molecule has 0 unspecified atom stereocenters. The lowest BCUT2D eigenvalue weighted by molar-refractivity contribution is 0.212. The first-order chi connectivity index (χ1) is 17.9. The van der Waals surface area contributed by atoms with Crippen LogP contribution < -0.4 is 24.8 Å². The number of carbonyl (C=O) groups excluding carboxylic acids is 1. The topological polar surface area (TPSA) is 114 Å². The Morgan fingerprint density at radius 2 is 1.79 bits per heavy atom. The van der Waals surface area contributed by atoms with Crippen LogP contribution in [0.15, 0.2) is 36.4 Å². The predicted octanol–water partition coefficient (Wildman–Crippen LogP) is 3.87. The number of carbonyl (C=O) groups is 1. The molecule has 0 spiro atoms. The summed E-state index contributed by atoms with van der Waals surface area (Å²) >= 11 is 0. The van der Waals surface area contributed by atoms with E-state index in [-0.39, 0.29) is 16.9 Å². The largest absolute Gasteiger partial charge is 0.492 e. The first kappa shape index (κ1) is 27.7. The lowest BCUT2D eigenvalue weighted by atomic mass is 9.86. The van der Waals surface area contributed by atoms with E-state index in [1.54, 1.807) is 12.1 Å². The molecule has 0 atom stereocenters. The second-order valence-corrected chi connectivity index (χ2v) is 12.4. The summed E-state index contributed by atoms with van der Waals surface area (Å²) in [5.41, 5.74) is 3.20. The Kier molecular flexibility index (Phi) is 7.91. The number of aryl methyl sites for hydroxylation is 1. The maximum Gasteiger partial charge on any atom is 0.418 e. The number of hydrogen-bond donors (Lipinski definition) is 3. The molecule has 4 rings (SSSR count). The molecule has 2 heterocycles. The van der Waals surface area contributed by atoms with Gasteiger partial charge >= 0.3 is 6.09 Å². The highest BCUT2D eigenvalue weighted by atomic mass is 32.2. The summed E-state index contributed by atoms with van der Waals surface area (Å²) in [5.74, 6) is 0.585. The number of nitrogens with one attached hydrogen (secondary N) is 3. The minimum Gasteiger partial charge on any atom is -0.492 e. The molecule has 3 N–H and O–H groups in total. The smallest absolute Gasteiger partial charge is 0.418 e. The molecule has 1 aromatic heterocycles. The third-order valence-electron chi connectivity index (χ3n) is 6.59. The molecule has 0 aliphatic carbocycles. The lowest BCUT2D eigenvalue weighted by Crippen LogP contribution is -2.42. The number of nitrogens with zero attached hydrogens (tertiary/aromatic N) is 2. The van der Waals surface area contributed by atoms with Gasteiger partial charge in [0, 0.05) is 51.2 Å². The summed E-state index contributed by atoms with van der Waals surface area (Å²) in [7, 11) is -0.293. The number of benzene rings is 2. The number of sulfonamides is 1. The van der Waals surface area contributed by atoms with Crippen molar-refractivity contribution in [2.45, 2.75) is 32.7 Å². The molecule has 2 aromatic carbocycles. The summed E-state index contributed by atoms with van der Waals surface area (Å²) in [6.07, 6.45) is 0.350. The average Bonchev–Trinajstić information content (AvgIpc) is 3.14. The van der Waals surface area contributed by atoms with E-state index in [0.717, 1.165) is 61.0 Å². The van der Waals surface area contributed by atoms with Crippen molar-refractivity contribution in [1.29, 1.82) is 0 Å². The predicted molar refractivity (Wildman–Crippen MR) is 151 cm³/mol. The SMILES string of the molecule is COc1c(NC(=O)Oc2cc3cccc(CN4CCNCC4)c3n2C)cc(C(C)(C)C)cc1NS(C)(=O)=O. The standard InChI is InChI=1S/C27H37N5O5S/c1-27(2,3)20-15-21(25(36-5)22(16-20)30-38(6,34)35)29-26(33)37-23-14-18-8-7-9-19(24(18)31(23)4)17-32-12-10-28-11-13-32/h7-9,14-16,28,30H,10-13,17H2,1-6H3,(H,29,33). The van der Waals surface area contributed by atoms with Gasteiger partial charge in [0.1, 0.15) is 0 Å². The van der Waals surface area contributed by atoms with E-state index in [4.69, 9.17) is 9.47 Å². The maximum absolute atomic E-state index is 13.1. The monoisotopic (exact) mass is 543 g/mol. The molecule has 1 amide bonds. The first-order valence-corrected chi connectivity index (χ1v) is 14.4. The van der Waals surface area contributed by atoms with E-state index in [2.05, 4.69) is 26.3 Å². The van der Waals surface area contributed by atoms with E-state index in [1.807, 2.05) is 50.6 Å². The highest BCUT2D eigenvalue weighted by molar-refractivity contribution is 7.92. The molecule has 0 radical (unpaired) electrons. The maximum atomic E-state index is 13.1. The van der Waals surface area contributed by atoms with E-state index >= 15 is 0 Å². The van der Waals surface area contributed by atoms with Crippen molar-refractivity contribution >= 4 is 38.4 Å². The molecule has 3 aromatic rings. The summed E-state index contributed by atoms with van der Waals surface area (Å²) in [4.78, 5) is 15.5. The minimum absolute atomic E-state index is 0.190. The third kappa shape index (κ3) is 6.40. The van der Waals surface area contributed by atoms with Crippen molar-refractivity contribution in [1.82, 2.24) is 14.8 Å².